The van der Waals surface area contributed by atoms with Crippen LogP contribution in [0.1, 0.15) is 12.0 Å². The Hall–Kier alpha value is -2.68. The van der Waals surface area contributed by atoms with Crippen molar-refractivity contribution < 1.29 is 13.2 Å². The van der Waals surface area contributed by atoms with Gasteiger partial charge in [0.1, 0.15) is 5.65 Å². The van der Waals surface area contributed by atoms with Crippen LogP contribution < -0.4 is 0 Å². The molecule has 0 bridgehead atoms. The van der Waals surface area contributed by atoms with Crippen molar-refractivity contribution in [3.05, 3.63) is 65.5 Å². The van der Waals surface area contributed by atoms with Gasteiger partial charge < -0.3 is 9.88 Å². The minimum Gasteiger partial charge on any atom is -0.346 e. The van der Waals surface area contributed by atoms with Gasteiger partial charge in [-0.15, -0.1) is 0 Å². The van der Waals surface area contributed by atoms with Crippen molar-refractivity contribution in [3.8, 4) is 0 Å². The quantitative estimate of drug-likeness (QED) is 0.655. The molecule has 3 aromatic rings. The summed E-state index contributed by atoms with van der Waals surface area (Å²) in [4.78, 5) is 22.0. The first-order chi connectivity index (χ1) is 14.4. The van der Waals surface area contributed by atoms with Crippen LogP contribution in [-0.2, 0) is 14.8 Å². The minimum atomic E-state index is -3.76. The van der Waals surface area contributed by atoms with Crippen LogP contribution >= 0.6 is 11.6 Å². The maximum Gasteiger partial charge on any atom is 0.243 e. The highest BCUT2D eigenvalue weighted by Gasteiger charge is 2.26. The second-order valence-electron chi connectivity index (χ2n) is 7.14. The average Bonchev–Trinajstić information content (AvgIpc) is 3.18. The molecule has 156 valence electrons. The van der Waals surface area contributed by atoms with Crippen LogP contribution in [-0.4, -0.2) is 60.2 Å². The standard InChI is InChI=1S/C21H21ClN4O3S/c1-25(30(28,29)17-6-4-16(22)5-7-17)14-20(27)26-11-8-15(9-12-26)19-13-24-21-18(19)3-2-10-23-21/h2-8,10,13H,9,11-12,14H2,1H3,(H,23,24). The topological polar surface area (TPSA) is 86.4 Å². The van der Waals surface area contributed by atoms with Crippen LogP contribution in [0.25, 0.3) is 16.6 Å². The maximum atomic E-state index is 12.7. The SMILES string of the molecule is CN(CC(=O)N1CC=C(c2c[nH]c3ncccc23)CC1)S(=O)(=O)c1ccc(Cl)cc1. The number of hydrogen-bond acceptors (Lipinski definition) is 4. The van der Waals surface area contributed by atoms with Crippen LogP contribution in [0, 0.1) is 0 Å². The number of nitrogens with zero attached hydrogens (tertiary/aromatic N) is 3. The molecule has 0 radical (unpaired) electrons. The molecular weight excluding hydrogens is 424 g/mol. The second-order valence-corrected chi connectivity index (χ2v) is 9.62. The molecule has 1 aromatic carbocycles. The zero-order chi connectivity index (χ0) is 21.3. The zero-order valence-electron chi connectivity index (χ0n) is 16.4. The molecule has 0 saturated carbocycles. The molecule has 30 heavy (non-hydrogen) atoms. The van der Waals surface area contributed by atoms with E-state index in [-0.39, 0.29) is 17.3 Å². The third kappa shape index (κ3) is 3.98. The number of sulfonamides is 1. The highest BCUT2D eigenvalue weighted by molar-refractivity contribution is 7.89. The zero-order valence-corrected chi connectivity index (χ0v) is 17.9. The van der Waals surface area contributed by atoms with E-state index in [1.165, 1.54) is 31.3 Å². The third-order valence-corrected chi connectivity index (χ3v) is 7.31. The molecule has 7 nitrogen and oxygen atoms in total. The summed E-state index contributed by atoms with van der Waals surface area (Å²) >= 11 is 5.83. The summed E-state index contributed by atoms with van der Waals surface area (Å²) < 4.78 is 26.4. The first-order valence-electron chi connectivity index (χ1n) is 9.47. The number of halogens is 1. The van der Waals surface area contributed by atoms with Crippen molar-refractivity contribution in [2.24, 2.45) is 0 Å². The van der Waals surface area contributed by atoms with Crippen molar-refractivity contribution in [1.82, 2.24) is 19.2 Å². The van der Waals surface area contributed by atoms with Crippen LogP contribution in [0.2, 0.25) is 5.02 Å². The molecule has 0 spiro atoms. The van der Waals surface area contributed by atoms with Crippen molar-refractivity contribution in [2.45, 2.75) is 11.3 Å². The Kier molecular flexibility index (Phi) is 5.64. The summed E-state index contributed by atoms with van der Waals surface area (Å²) in [6.07, 6.45) is 6.40. The first-order valence-corrected chi connectivity index (χ1v) is 11.3. The lowest BCUT2D eigenvalue weighted by atomic mass is 9.99. The molecule has 0 unspecified atom stereocenters. The Balaban J connectivity index is 1.43. The molecule has 0 saturated heterocycles. The van der Waals surface area contributed by atoms with E-state index in [9.17, 15) is 13.2 Å². The second kappa shape index (κ2) is 8.22. The lowest BCUT2D eigenvalue weighted by molar-refractivity contribution is -0.130. The maximum absolute atomic E-state index is 12.7. The van der Waals surface area contributed by atoms with E-state index in [1.54, 1.807) is 11.1 Å². The Bertz CT molecular complexity index is 1220. The van der Waals surface area contributed by atoms with E-state index in [0.717, 1.165) is 26.5 Å². The fraction of sp³-hybridized carbons (Fsp3) is 0.238. The number of pyridine rings is 1. The summed E-state index contributed by atoms with van der Waals surface area (Å²) in [6.45, 7) is 0.757. The molecule has 1 N–H and O–H groups in total. The highest BCUT2D eigenvalue weighted by atomic mass is 35.5. The average molecular weight is 445 g/mol. The fourth-order valence-electron chi connectivity index (χ4n) is 3.52. The lowest BCUT2D eigenvalue weighted by Gasteiger charge is -2.28. The van der Waals surface area contributed by atoms with Crippen LogP contribution in [0.5, 0.6) is 0 Å². The van der Waals surface area contributed by atoms with Gasteiger partial charge in [0.25, 0.3) is 0 Å². The largest absolute Gasteiger partial charge is 0.346 e. The van der Waals surface area contributed by atoms with Crippen molar-refractivity contribution in [3.63, 3.8) is 0 Å². The summed E-state index contributed by atoms with van der Waals surface area (Å²) in [5, 5.41) is 1.51. The first kappa shape index (κ1) is 20.6. The van der Waals surface area contributed by atoms with E-state index in [0.29, 0.717) is 24.5 Å². The van der Waals surface area contributed by atoms with Crippen LogP contribution in [0.15, 0.2) is 59.8 Å². The van der Waals surface area contributed by atoms with Gasteiger partial charge in [-0.3, -0.25) is 4.79 Å². The van der Waals surface area contributed by atoms with Gasteiger partial charge in [-0.05, 0) is 48.4 Å². The number of hydrogen-bond donors (Lipinski definition) is 1. The smallest absolute Gasteiger partial charge is 0.243 e. The molecule has 4 rings (SSSR count). The number of benzene rings is 1. The van der Waals surface area contributed by atoms with E-state index in [4.69, 9.17) is 11.6 Å². The van der Waals surface area contributed by atoms with Gasteiger partial charge in [-0.1, -0.05) is 17.7 Å². The third-order valence-electron chi connectivity index (χ3n) is 5.24. The van der Waals surface area contributed by atoms with Crippen molar-refractivity contribution >= 4 is 44.1 Å². The summed E-state index contributed by atoms with van der Waals surface area (Å²) in [5.74, 6) is -0.231. The van der Waals surface area contributed by atoms with Crippen LogP contribution in [0.3, 0.4) is 0 Å². The molecule has 3 heterocycles. The van der Waals surface area contributed by atoms with Crippen molar-refractivity contribution in [1.29, 1.82) is 0 Å². The predicted molar refractivity (Wildman–Crippen MR) is 117 cm³/mol. The van der Waals surface area contributed by atoms with Gasteiger partial charge in [-0.2, -0.15) is 4.31 Å². The molecule has 0 fully saturated rings. The molecule has 1 aliphatic rings. The number of amides is 1. The summed E-state index contributed by atoms with van der Waals surface area (Å²) in [5.41, 5.74) is 3.08. The number of rotatable bonds is 5. The number of aromatic nitrogens is 2. The van der Waals surface area contributed by atoms with Gasteiger partial charge in [0.15, 0.2) is 0 Å². The Morgan fingerprint density at radius 3 is 2.73 bits per heavy atom. The number of carbonyl (C=O) groups is 1. The van der Waals surface area contributed by atoms with E-state index in [2.05, 4.69) is 9.97 Å². The number of fused-ring (bicyclic) bond motifs is 1. The van der Waals surface area contributed by atoms with Gasteiger partial charge >= 0.3 is 0 Å². The number of H-pyrrole nitrogens is 1. The number of aromatic amines is 1. The number of nitrogens with one attached hydrogen (secondary N) is 1. The lowest BCUT2D eigenvalue weighted by Crippen LogP contribution is -2.42. The van der Waals surface area contributed by atoms with E-state index < -0.39 is 10.0 Å². The monoisotopic (exact) mass is 444 g/mol. The van der Waals surface area contributed by atoms with Crippen molar-refractivity contribution in [2.75, 3.05) is 26.7 Å². The van der Waals surface area contributed by atoms with E-state index >= 15 is 0 Å². The summed E-state index contributed by atoms with van der Waals surface area (Å²) in [6, 6.07) is 9.82. The molecule has 2 aromatic heterocycles. The predicted octanol–water partition coefficient (Wildman–Crippen LogP) is 3.15. The molecule has 1 aliphatic heterocycles. The van der Waals surface area contributed by atoms with Crippen LogP contribution in [0.4, 0.5) is 0 Å². The molecule has 9 heteroatoms. The molecule has 1 amide bonds. The Labute approximate surface area is 180 Å². The van der Waals surface area contributed by atoms with Gasteiger partial charge in [0.05, 0.1) is 11.4 Å². The minimum absolute atomic E-state index is 0.107. The fourth-order valence-corrected chi connectivity index (χ4v) is 4.77. The highest BCUT2D eigenvalue weighted by Crippen LogP contribution is 2.28. The van der Waals surface area contributed by atoms with E-state index in [1.807, 2.05) is 24.4 Å². The molecule has 0 aliphatic carbocycles. The normalized spacial score (nSPS) is 14.9. The molecule has 0 atom stereocenters. The number of carbonyl (C=O) groups excluding carboxylic acids is 1. The number of likely N-dealkylation sites (N-methyl/N-ethyl adjacent to an activating group) is 1. The van der Waals surface area contributed by atoms with Gasteiger partial charge in [-0.25, -0.2) is 13.4 Å². The Morgan fingerprint density at radius 2 is 2.03 bits per heavy atom. The molecular formula is C21H21ClN4O3S. The van der Waals surface area contributed by atoms with Gasteiger partial charge in [0, 0.05) is 48.5 Å². The Morgan fingerprint density at radius 1 is 1.27 bits per heavy atom. The summed E-state index contributed by atoms with van der Waals surface area (Å²) in [7, 11) is -2.35. The van der Waals surface area contributed by atoms with Gasteiger partial charge in [0.2, 0.25) is 15.9 Å².